The SMILES string of the molecule is C=C/C=C\C=C(/C)N(C(=C)CCCCC/C=C\C)C1=CCCC=C1. The van der Waals surface area contributed by atoms with Gasteiger partial charge in [0.25, 0.3) is 0 Å². The first kappa shape index (κ1) is 20.0. The first-order chi connectivity index (χ1) is 11.7. The third kappa shape index (κ3) is 7.50. The molecule has 1 heteroatoms. The van der Waals surface area contributed by atoms with Crippen molar-refractivity contribution >= 4 is 0 Å². The molecule has 0 N–H and O–H groups in total. The van der Waals surface area contributed by atoms with Gasteiger partial charge < -0.3 is 4.90 Å². The molecule has 0 heterocycles. The van der Waals surface area contributed by atoms with Crippen molar-refractivity contribution in [3.05, 3.63) is 84.9 Å². The number of hydrogen-bond acceptors (Lipinski definition) is 1. The van der Waals surface area contributed by atoms with Crippen LogP contribution in [0.1, 0.15) is 58.8 Å². The van der Waals surface area contributed by atoms with E-state index in [0.29, 0.717) is 0 Å². The first-order valence-electron chi connectivity index (χ1n) is 9.12. The van der Waals surface area contributed by atoms with Crippen molar-refractivity contribution in [1.82, 2.24) is 4.90 Å². The molecule has 0 spiro atoms. The molecule has 0 aliphatic heterocycles. The summed E-state index contributed by atoms with van der Waals surface area (Å²) in [5.74, 6) is 0. The summed E-state index contributed by atoms with van der Waals surface area (Å²) in [5, 5.41) is 0. The minimum Gasteiger partial charge on any atom is -0.319 e. The van der Waals surface area contributed by atoms with Gasteiger partial charge in [-0.15, -0.1) is 0 Å². The third-order valence-electron chi connectivity index (χ3n) is 4.06. The van der Waals surface area contributed by atoms with Gasteiger partial charge in [-0.05, 0) is 64.5 Å². The lowest BCUT2D eigenvalue weighted by Gasteiger charge is -2.30. The van der Waals surface area contributed by atoms with Crippen LogP contribution in [-0.2, 0) is 0 Å². The quantitative estimate of drug-likeness (QED) is 0.220. The molecule has 0 saturated heterocycles. The summed E-state index contributed by atoms with van der Waals surface area (Å²) in [6.45, 7) is 12.3. The zero-order valence-electron chi connectivity index (χ0n) is 15.5. The van der Waals surface area contributed by atoms with Gasteiger partial charge in [0, 0.05) is 17.1 Å². The molecular weight excluding hydrogens is 290 g/mol. The molecule has 130 valence electrons. The van der Waals surface area contributed by atoms with Crippen LogP contribution in [0.3, 0.4) is 0 Å². The first-order valence-corrected chi connectivity index (χ1v) is 9.12. The smallest absolute Gasteiger partial charge is 0.0411 e. The topological polar surface area (TPSA) is 3.24 Å². The minimum absolute atomic E-state index is 1.04. The van der Waals surface area contributed by atoms with Crippen molar-refractivity contribution in [2.75, 3.05) is 0 Å². The molecule has 0 atom stereocenters. The van der Waals surface area contributed by atoms with E-state index in [1.165, 1.54) is 42.8 Å². The van der Waals surface area contributed by atoms with Gasteiger partial charge >= 0.3 is 0 Å². The van der Waals surface area contributed by atoms with Crippen LogP contribution in [0.25, 0.3) is 0 Å². The van der Waals surface area contributed by atoms with Crippen molar-refractivity contribution in [2.45, 2.75) is 58.8 Å². The van der Waals surface area contributed by atoms with Crippen molar-refractivity contribution in [1.29, 1.82) is 0 Å². The van der Waals surface area contributed by atoms with Crippen molar-refractivity contribution in [3.8, 4) is 0 Å². The Labute approximate surface area is 149 Å². The lowest BCUT2D eigenvalue weighted by molar-refractivity contribution is 0.499. The molecule has 1 nitrogen and oxygen atoms in total. The van der Waals surface area contributed by atoms with Gasteiger partial charge in [-0.2, -0.15) is 0 Å². The second-order valence-corrected chi connectivity index (χ2v) is 6.11. The third-order valence-corrected chi connectivity index (χ3v) is 4.06. The molecule has 0 amide bonds. The van der Waals surface area contributed by atoms with Crippen LogP contribution in [0.4, 0.5) is 0 Å². The van der Waals surface area contributed by atoms with E-state index in [-0.39, 0.29) is 0 Å². The highest BCUT2D eigenvalue weighted by molar-refractivity contribution is 5.31. The number of rotatable bonds is 11. The summed E-state index contributed by atoms with van der Waals surface area (Å²) in [4.78, 5) is 2.30. The van der Waals surface area contributed by atoms with Crippen LogP contribution in [0.2, 0.25) is 0 Å². The van der Waals surface area contributed by atoms with E-state index in [1.54, 1.807) is 6.08 Å². The maximum absolute atomic E-state index is 4.37. The molecule has 0 radical (unpaired) electrons. The Morgan fingerprint density at radius 2 is 2.04 bits per heavy atom. The molecule has 0 unspecified atom stereocenters. The molecule has 0 saturated carbocycles. The standard InChI is InChI=1S/C23H33N/c1-5-7-9-10-11-14-18-22(4)24(21(3)17-13-8-6-2)23-19-15-12-16-20-23/h5-8,13,15,17,19-20H,2,4,9-12,14,16,18H2,1,3H3/b7-5-,13-8-,21-17+. The fourth-order valence-corrected chi connectivity index (χ4v) is 2.80. The number of unbranched alkanes of at least 4 members (excludes halogenated alkanes) is 3. The van der Waals surface area contributed by atoms with Crippen LogP contribution in [-0.4, -0.2) is 4.90 Å². The van der Waals surface area contributed by atoms with Gasteiger partial charge in [-0.3, -0.25) is 0 Å². The Hall–Kier alpha value is -2.02. The normalized spacial score (nSPS) is 15.1. The molecule has 1 rings (SSSR count). The largest absolute Gasteiger partial charge is 0.319 e. The Bertz CT molecular complexity index is 540. The molecule has 0 aromatic carbocycles. The van der Waals surface area contributed by atoms with E-state index in [2.05, 4.69) is 68.4 Å². The lowest BCUT2D eigenvalue weighted by Crippen LogP contribution is -2.20. The molecule has 0 bridgehead atoms. The Morgan fingerprint density at radius 1 is 1.21 bits per heavy atom. The highest BCUT2D eigenvalue weighted by Crippen LogP contribution is 2.26. The van der Waals surface area contributed by atoms with Gasteiger partial charge in [-0.1, -0.05) is 62.1 Å². The molecule has 1 aliphatic carbocycles. The van der Waals surface area contributed by atoms with E-state index in [9.17, 15) is 0 Å². The molecule has 0 aromatic heterocycles. The van der Waals surface area contributed by atoms with Crippen LogP contribution in [0, 0.1) is 0 Å². The monoisotopic (exact) mass is 323 g/mol. The van der Waals surface area contributed by atoms with Gasteiger partial charge in [0.2, 0.25) is 0 Å². The van der Waals surface area contributed by atoms with E-state index in [1.807, 2.05) is 12.2 Å². The fraction of sp³-hybridized carbons (Fsp3) is 0.391. The van der Waals surface area contributed by atoms with E-state index >= 15 is 0 Å². The summed E-state index contributed by atoms with van der Waals surface area (Å²) in [5.41, 5.74) is 3.63. The van der Waals surface area contributed by atoms with E-state index in [0.717, 1.165) is 19.3 Å². The van der Waals surface area contributed by atoms with E-state index in [4.69, 9.17) is 0 Å². The zero-order chi connectivity index (χ0) is 17.6. The molecule has 0 aromatic rings. The summed E-state index contributed by atoms with van der Waals surface area (Å²) in [7, 11) is 0. The average molecular weight is 324 g/mol. The Balaban J connectivity index is 2.70. The van der Waals surface area contributed by atoms with Crippen LogP contribution in [0.5, 0.6) is 0 Å². The maximum atomic E-state index is 4.37. The lowest BCUT2D eigenvalue weighted by atomic mass is 10.1. The van der Waals surface area contributed by atoms with Crippen molar-refractivity contribution < 1.29 is 0 Å². The maximum Gasteiger partial charge on any atom is 0.0411 e. The highest BCUT2D eigenvalue weighted by Gasteiger charge is 2.14. The molecule has 0 fully saturated rings. The second kappa shape index (κ2) is 12.4. The Morgan fingerprint density at radius 3 is 2.71 bits per heavy atom. The average Bonchev–Trinajstić information content (AvgIpc) is 2.59. The van der Waals surface area contributed by atoms with Crippen LogP contribution < -0.4 is 0 Å². The summed E-state index contributed by atoms with van der Waals surface area (Å²) >= 11 is 0. The summed E-state index contributed by atoms with van der Waals surface area (Å²) in [6, 6.07) is 0. The number of nitrogens with zero attached hydrogens (tertiary/aromatic N) is 1. The van der Waals surface area contributed by atoms with Gasteiger partial charge in [0.1, 0.15) is 0 Å². The van der Waals surface area contributed by atoms with E-state index < -0.39 is 0 Å². The van der Waals surface area contributed by atoms with Crippen molar-refractivity contribution in [3.63, 3.8) is 0 Å². The van der Waals surface area contributed by atoms with Gasteiger partial charge in [0.15, 0.2) is 0 Å². The van der Waals surface area contributed by atoms with Gasteiger partial charge in [-0.25, -0.2) is 0 Å². The van der Waals surface area contributed by atoms with Crippen molar-refractivity contribution in [2.24, 2.45) is 0 Å². The molecule has 24 heavy (non-hydrogen) atoms. The predicted molar refractivity (Wildman–Crippen MR) is 108 cm³/mol. The zero-order valence-corrected chi connectivity index (χ0v) is 15.5. The number of hydrogen-bond donors (Lipinski definition) is 0. The second-order valence-electron chi connectivity index (χ2n) is 6.11. The molecule has 1 aliphatic rings. The molecular formula is C23H33N. The Kier molecular flexibility index (Phi) is 10.4. The minimum atomic E-state index is 1.04. The van der Waals surface area contributed by atoms with Crippen LogP contribution in [0.15, 0.2) is 84.9 Å². The highest BCUT2D eigenvalue weighted by atomic mass is 15.2. The fourth-order valence-electron chi connectivity index (χ4n) is 2.80. The summed E-state index contributed by atoms with van der Waals surface area (Å²) < 4.78 is 0. The van der Waals surface area contributed by atoms with Crippen LogP contribution >= 0.6 is 0 Å². The van der Waals surface area contributed by atoms with Gasteiger partial charge in [0.05, 0.1) is 0 Å². The number of allylic oxidation sites excluding steroid dienone is 11. The summed E-state index contributed by atoms with van der Waals surface area (Å²) in [6.07, 6.45) is 27.2. The predicted octanol–water partition coefficient (Wildman–Crippen LogP) is 7.21.